The number of benzene rings is 1. The van der Waals surface area contributed by atoms with Crippen LogP contribution in [0.5, 0.6) is 0 Å². The number of rotatable bonds is 2. The summed E-state index contributed by atoms with van der Waals surface area (Å²) in [7, 11) is 1.33. The molecule has 1 aromatic heterocycles. The van der Waals surface area contributed by atoms with Crippen molar-refractivity contribution in [3.05, 3.63) is 42.5 Å². The lowest BCUT2D eigenvalue weighted by molar-refractivity contribution is 0.0601. The molecule has 0 bridgehead atoms. The lowest BCUT2D eigenvalue weighted by Crippen LogP contribution is -2.04. The molecule has 0 radical (unpaired) electrons. The van der Waals surface area contributed by atoms with E-state index in [4.69, 9.17) is 10.5 Å². The van der Waals surface area contributed by atoms with Crippen LogP contribution in [0.1, 0.15) is 10.4 Å². The number of carbonyl (C=O) groups excluding carboxylic acids is 1. The molecule has 0 atom stereocenters. The molecule has 0 saturated heterocycles. The van der Waals surface area contributed by atoms with E-state index in [1.807, 2.05) is 0 Å². The van der Waals surface area contributed by atoms with Gasteiger partial charge in [0.15, 0.2) is 0 Å². The average molecular weight is 229 g/mol. The van der Waals surface area contributed by atoms with Crippen molar-refractivity contribution >= 4 is 11.7 Å². The first-order valence-electron chi connectivity index (χ1n) is 4.95. The van der Waals surface area contributed by atoms with Gasteiger partial charge in [-0.05, 0) is 17.7 Å². The Morgan fingerprint density at radius 3 is 2.65 bits per heavy atom. The Hall–Kier alpha value is -2.43. The summed E-state index contributed by atoms with van der Waals surface area (Å²) in [5.74, 6) is -0.434. The van der Waals surface area contributed by atoms with Gasteiger partial charge in [0.1, 0.15) is 6.33 Å². The standard InChI is InChI=1S/C12H11N3O2/c1-17-12(16)11-4-9(13)2-3-10(11)8-5-14-7-15-6-8/h2-7H,13H2,1H3. The Balaban J connectivity index is 2.58. The van der Waals surface area contributed by atoms with Crippen LogP contribution in [0.15, 0.2) is 36.9 Å². The number of aromatic nitrogens is 2. The summed E-state index contributed by atoms with van der Waals surface area (Å²) >= 11 is 0. The van der Waals surface area contributed by atoms with Crippen molar-refractivity contribution in [1.29, 1.82) is 0 Å². The molecule has 2 rings (SSSR count). The summed E-state index contributed by atoms with van der Waals surface area (Å²) in [5, 5.41) is 0. The van der Waals surface area contributed by atoms with Crippen LogP contribution in [-0.4, -0.2) is 23.0 Å². The molecule has 0 saturated carbocycles. The van der Waals surface area contributed by atoms with Crippen LogP contribution in [-0.2, 0) is 4.74 Å². The van der Waals surface area contributed by atoms with Gasteiger partial charge in [-0.25, -0.2) is 14.8 Å². The van der Waals surface area contributed by atoms with Crippen molar-refractivity contribution in [3.63, 3.8) is 0 Å². The van der Waals surface area contributed by atoms with Gasteiger partial charge in [0, 0.05) is 23.6 Å². The van der Waals surface area contributed by atoms with Gasteiger partial charge in [-0.3, -0.25) is 0 Å². The third-order valence-corrected chi connectivity index (χ3v) is 2.32. The predicted octanol–water partition coefficient (Wildman–Crippen LogP) is 1.51. The lowest BCUT2D eigenvalue weighted by atomic mass is 10.0. The van der Waals surface area contributed by atoms with E-state index in [1.165, 1.54) is 13.4 Å². The van der Waals surface area contributed by atoms with E-state index in [-0.39, 0.29) is 0 Å². The van der Waals surface area contributed by atoms with Gasteiger partial charge in [-0.1, -0.05) is 6.07 Å². The van der Waals surface area contributed by atoms with E-state index >= 15 is 0 Å². The molecule has 5 nitrogen and oxygen atoms in total. The van der Waals surface area contributed by atoms with Gasteiger partial charge >= 0.3 is 5.97 Å². The molecule has 0 unspecified atom stereocenters. The second kappa shape index (κ2) is 4.61. The predicted molar refractivity (Wildman–Crippen MR) is 63.2 cm³/mol. The van der Waals surface area contributed by atoms with Gasteiger partial charge in [0.2, 0.25) is 0 Å². The van der Waals surface area contributed by atoms with E-state index < -0.39 is 5.97 Å². The highest BCUT2D eigenvalue weighted by Gasteiger charge is 2.13. The van der Waals surface area contributed by atoms with E-state index in [0.717, 1.165) is 5.56 Å². The van der Waals surface area contributed by atoms with Crippen molar-refractivity contribution in [2.45, 2.75) is 0 Å². The molecule has 17 heavy (non-hydrogen) atoms. The SMILES string of the molecule is COC(=O)c1cc(N)ccc1-c1cncnc1. The molecule has 2 N–H and O–H groups in total. The highest BCUT2D eigenvalue weighted by Crippen LogP contribution is 2.24. The molecule has 0 amide bonds. The molecule has 0 aliphatic heterocycles. The quantitative estimate of drug-likeness (QED) is 0.623. The highest BCUT2D eigenvalue weighted by atomic mass is 16.5. The fraction of sp³-hybridized carbons (Fsp3) is 0.0833. The molecule has 0 fully saturated rings. The van der Waals surface area contributed by atoms with Gasteiger partial charge in [-0.2, -0.15) is 0 Å². The Morgan fingerprint density at radius 1 is 1.29 bits per heavy atom. The number of hydrogen-bond acceptors (Lipinski definition) is 5. The van der Waals surface area contributed by atoms with Crippen LogP contribution < -0.4 is 5.73 Å². The summed E-state index contributed by atoms with van der Waals surface area (Å²) in [6.45, 7) is 0. The molecule has 1 heterocycles. The summed E-state index contributed by atoms with van der Waals surface area (Å²) in [6.07, 6.45) is 4.69. The molecular formula is C12H11N3O2. The number of hydrogen-bond donors (Lipinski definition) is 1. The van der Waals surface area contributed by atoms with Crippen molar-refractivity contribution in [2.24, 2.45) is 0 Å². The highest BCUT2D eigenvalue weighted by molar-refractivity contribution is 5.98. The zero-order valence-corrected chi connectivity index (χ0v) is 9.25. The summed E-state index contributed by atoms with van der Waals surface area (Å²) in [5.41, 5.74) is 8.01. The molecule has 86 valence electrons. The minimum absolute atomic E-state index is 0.405. The first-order chi connectivity index (χ1) is 8.22. The number of methoxy groups -OCH3 is 1. The Bertz CT molecular complexity index is 541. The first kappa shape index (κ1) is 11.1. The second-order valence-corrected chi connectivity index (χ2v) is 3.42. The zero-order valence-electron chi connectivity index (χ0n) is 9.25. The number of nitrogens with two attached hydrogens (primary N) is 1. The lowest BCUT2D eigenvalue weighted by Gasteiger charge is -2.08. The number of anilines is 1. The van der Waals surface area contributed by atoms with Crippen LogP contribution in [0.2, 0.25) is 0 Å². The van der Waals surface area contributed by atoms with Crippen molar-refractivity contribution in [1.82, 2.24) is 9.97 Å². The van der Waals surface area contributed by atoms with Crippen molar-refractivity contribution in [3.8, 4) is 11.1 Å². The van der Waals surface area contributed by atoms with Gasteiger partial charge in [0.05, 0.1) is 12.7 Å². The molecular weight excluding hydrogens is 218 g/mol. The van der Waals surface area contributed by atoms with E-state index in [2.05, 4.69) is 9.97 Å². The minimum atomic E-state index is -0.434. The largest absolute Gasteiger partial charge is 0.465 e. The summed E-state index contributed by atoms with van der Waals surface area (Å²) < 4.78 is 4.72. The maximum Gasteiger partial charge on any atom is 0.338 e. The smallest absolute Gasteiger partial charge is 0.338 e. The van der Waals surface area contributed by atoms with Gasteiger partial charge in [0.25, 0.3) is 0 Å². The first-order valence-corrected chi connectivity index (χ1v) is 4.95. The monoisotopic (exact) mass is 229 g/mol. The molecule has 0 spiro atoms. The van der Waals surface area contributed by atoms with Crippen LogP contribution in [0.3, 0.4) is 0 Å². The summed E-state index contributed by atoms with van der Waals surface area (Å²) in [6, 6.07) is 5.04. The van der Waals surface area contributed by atoms with Crippen LogP contribution in [0, 0.1) is 0 Å². The van der Waals surface area contributed by atoms with Crippen LogP contribution >= 0.6 is 0 Å². The summed E-state index contributed by atoms with van der Waals surface area (Å²) in [4.78, 5) is 19.5. The van der Waals surface area contributed by atoms with E-state index in [1.54, 1.807) is 30.6 Å². The molecule has 1 aromatic carbocycles. The number of esters is 1. The zero-order chi connectivity index (χ0) is 12.3. The maximum absolute atomic E-state index is 11.6. The molecule has 5 heteroatoms. The molecule has 0 aliphatic carbocycles. The fourth-order valence-corrected chi connectivity index (χ4v) is 1.53. The Morgan fingerprint density at radius 2 is 2.00 bits per heavy atom. The topological polar surface area (TPSA) is 78.1 Å². The van der Waals surface area contributed by atoms with Crippen LogP contribution in [0.4, 0.5) is 5.69 Å². The maximum atomic E-state index is 11.6. The third-order valence-electron chi connectivity index (χ3n) is 2.32. The van der Waals surface area contributed by atoms with Crippen molar-refractivity contribution < 1.29 is 9.53 Å². The van der Waals surface area contributed by atoms with Crippen LogP contribution in [0.25, 0.3) is 11.1 Å². The average Bonchev–Trinajstić information content (AvgIpc) is 2.38. The molecule has 2 aromatic rings. The Kier molecular flexibility index (Phi) is 3.00. The Labute approximate surface area is 98.3 Å². The van der Waals surface area contributed by atoms with Gasteiger partial charge < -0.3 is 10.5 Å². The van der Waals surface area contributed by atoms with E-state index in [0.29, 0.717) is 16.8 Å². The fourth-order valence-electron chi connectivity index (χ4n) is 1.53. The third kappa shape index (κ3) is 2.23. The normalized spacial score (nSPS) is 9.94. The number of nitrogen functional groups attached to an aromatic ring is 1. The minimum Gasteiger partial charge on any atom is -0.465 e. The number of carbonyl (C=O) groups is 1. The number of ether oxygens (including phenoxy) is 1. The number of nitrogens with zero attached hydrogens (tertiary/aromatic N) is 2. The van der Waals surface area contributed by atoms with Gasteiger partial charge in [-0.15, -0.1) is 0 Å². The second-order valence-electron chi connectivity index (χ2n) is 3.42. The van der Waals surface area contributed by atoms with Crippen molar-refractivity contribution in [2.75, 3.05) is 12.8 Å². The molecule has 0 aliphatic rings. The van der Waals surface area contributed by atoms with E-state index in [9.17, 15) is 4.79 Å².